The molecule has 4 saturated carbocycles. The normalized spacial score (nSPS) is 22.9. The van der Waals surface area contributed by atoms with Crippen LogP contribution in [0, 0.1) is 127 Å². The van der Waals surface area contributed by atoms with E-state index in [0.29, 0.717) is 5.92 Å². The Balaban J connectivity index is 0.000000537. The Morgan fingerprint density at radius 1 is 0.724 bits per heavy atom. The molecule has 4 aliphatic rings. The van der Waals surface area contributed by atoms with Gasteiger partial charge in [0.15, 0.2) is 0 Å². The van der Waals surface area contributed by atoms with Crippen LogP contribution in [0.15, 0.2) is 0 Å². The Labute approximate surface area is 201 Å². The Morgan fingerprint density at radius 2 is 1.14 bits per heavy atom. The van der Waals surface area contributed by atoms with Crippen LogP contribution in [-0.4, -0.2) is 32.1 Å². The monoisotopic (exact) mass is 471 g/mol. The zero-order valence-corrected chi connectivity index (χ0v) is 18.9. The predicted molar refractivity (Wildman–Crippen MR) is 107 cm³/mol. The van der Waals surface area contributed by atoms with E-state index in [1.54, 1.807) is 0 Å². The van der Waals surface area contributed by atoms with Crippen molar-refractivity contribution in [3.8, 4) is 0 Å². The van der Waals surface area contributed by atoms with Crippen molar-refractivity contribution in [1.82, 2.24) is 4.90 Å². The van der Waals surface area contributed by atoms with Gasteiger partial charge in [-0.1, -0.05) is 0 Å². The molecule has 4 aliphatic carbocycles. The molecule has 0 aromatic carbocycles. The van der Waals surface area contributed by atoms with Crippen LogP contribution in [0.25, 0.3) is 0 Å². The van der Waals surface area contributed by atoms with E-state index in [1.807, 2.05) is 122 Å². The van der Waals surface area contributed by atoms with Crippen LogP contribution in [0.3, 0.4) is 0 Å². The minimum absolute atomic E-state index is 0. The molecular formula is C24H25Fe2NO2+4. The fourth-order valence-electron chi connectivity index (χ4n) is 2.53. The Hall–Kier alpha value is 0.469. The molecule has 3 nitrogen and oxygen atoms in total. The van der Waals surface area contributed by atoms with Crippen LogP contribution >= 0.6 is 0 Å². The van der Waals surface area contributed by atoms with Crippen molar-refractivity contribution in [2.75, 3.05) is 21.2 Å². The van der Waals surface area contributed by atoms with Crippen LogP contribution in [0.1, 0.15) is 0 Å². The summed E-state index contributed by atoms with van der Waals surface area (Å²) in [5, 5.41) is 0. The molecule has 0 aromatic rings. The quantitative estimate of drug-likeness (QED) is 0.468. The van der Waals surface area contributed by atoms with Crippen molar-refractivity contribution in [1.29, 1.82) is 0 Å². The summed E-state index contributed by atoms with van der Waals surface area (Å²) >= 11 is 0. The average Bonchev–Trinajstić information content (AvgIpc) is 3.47. The summed E-state index contributed by atoms with van der Waals surface area (Å²) in [4.78, 5) is 13.5. The van der Waals surface area contributed by atoms with Crippen LogP contribution in [-0.2, 0) is 43.7 Å². The van der Waals surface area contributed by atoms with E-state index in [4.69, 9.17) is 4.74 Å². The van der Waals surface area contributed by atoms with Gasteiger partial charge >= 0.3 is 40.1 Å². The first kappa shape index (κ1) is 29.5. The van der Waals surface area contributed by atoms with Crippen molar-refractivity contribution in [2.45, 2.75) is 0 Å². The number of ether oxygens (including phenoxy) is 1. The third-order valence-electron chi connectivity index (χ3n) is 3.86. The zero-order chi connectivity index (χ0) is 19.5. The van der Waals surface area contributed by atoms with E-state index < -0.39 is 0 Å². The second kappa shape index (κ2) is 17.1. The first-order valence-electron chi connectivity index (χ1n) is 8.75. The Morgan fingerprint density at radius 3 is 1.48 bits per heavy atom. The smallest absolute Gasteiger partial charge is 0.469 e. The molecule has 0 heterocycles. The topological polar surface area (TPSA) is 29.5 Å². The van der Waals surface area contributed by atoms with Crippen LogP contribution in [0.5, 0.6) is 0 Å². The van der Waals surface area contributed by atoms with Gasteiger partial charge in [0.05, 0.1) is 19.1 Å². The fourth-order valence-corrected chi connectivity index (χ4v) is 2.53. The molecule has 29 heavy (non-hydrogen) atoms. The van der Waals surface area contributed by atoms with E-state index in [9.17, 15) is 4.79 Å². The number of hydrogen-bond acceptors (Lipinski definition) is 3. The molecule has 150 valence electrons. The predicted octanol–water partition coefficient (Wildman–Crippen LogP) is 3.27. The summed E-state index contributed by atoms with van der Waals surface area (Å²) in [6.07, 6.45) is 31.8. The van der Waals surface area contributed by atoms with Gasteiger partial charge in [-0.2, -0.15) is 0 Å². The second-order valence-electron chi connectivity index (χ2n) is 6.03. The largest absolute Gasteiger partial charge is 2.00 e. The molecule has 0 aromatic heterocycles. The van der Waals surface area contributed by atoms with E-state index in [2.05, 4.69) is 0 Å². The number of esters is 1. The number of nitrogens with zero attached hydrogens (tertiary/aromatic N) is 1. The molecule has 0 N–H and O–H groups in total. The molecule has 0 bridgehead atoms. The van der Waals surface area contributed by atoms with Gasteiger partial charge in [0, 0.05) is 12.3 Å². The molecule has 0 atom stereocenters. The van der Waals surface area contributed by atoms with Gasteiger partial charge in [-0.3, -0.25) is 4.79 Å². The molecule has 20 radical (unpaired) electrons. The van der Waals surface area contributed by atoms with Crippen molar-refractivity contribution in [3.63, 3.8) is 0 Å². The Bertz CT molecular complexity index is 380. The summed E-state index contributed by atoms with van der Waals surface area (Å²) in [5.74, 6) is 2.46. The van der Waals surface area contributed by atoms with Crippen molar-refractivity contribution < 1.29 is 43.7 Å². The van der Waals surface area contributed by atoms with Gasteiger partial charge in [-0.25, -0.2) is 0 Å². The SMILES string of the molecule is COC(=O)[C]1[CH][C]([C]2[CH][CH][CH][CH]2)[C](N(C)C)[CH]1.[CH]1[CH][CH][CH][CH]1.[CH]1[CH][CH][CH][CH]1.[Fe+2].[Fe+2]. The van der Waals surface area contributed by atoms with E-state index in [-0.39, 0.29) is 40.1 Å². The summed E-state index contributed by atoms with van der Waals surface area (Å²) in [6, 6.07) is 1.02. The summed E-state index contributed by atoms with van der Waals surface area (Å²) in [5.41, 5.74) is 0. The molecule has 0 unspecified atom stereocenters. The molecule has 0 saturated heterocycles. The number of carbonyl (C=O) groups excluding carboxylic acids is 1. The van der Waals surface area contributed by atoms with Crippen molar-refractivity contribution in [2.24, 2.45) is 0 Å². The van der Waals surface area contributed by atoms with E-state index >= 15 is 0 Å². The van der Waals surface area contributed by atoms with E-state index in [1.165, 1.54) is 7.11 Å². The van der Waals surface area contributed by atoms with Gasteiger partial charge in [0.25, 0.3) is 0 Å². The minimum Gasteiger partial charge on any atom is -0.469 e. The maximum Gasteiger partial charge on any atom is 2.00 e. The molecule has 0 spiro atoms. The van der Waals surface area contributed by atoms with Gasteiger partial charge in [0.1, 0.15) is 0 Å². The van der Waals surface area contributed by atoms with Crippen LogP contribution < -0.4 is 0 Å². The molecule has 0 amide bonds. The summed E-state index contributed by atoms with van der Waals surface area (Å²) < 4.78 is 4.74. The Kier molecular flexibility index (Phi) is 17.4. The van der Waals surface area contributed by atoms with Crippen LogP contribution in [0.2, 0.25) is 0 Å². The zero-order valence-electron chi connectivity index (χ0n) is 16.7. The average molecular weight is 471 g/mol. The molecule has 4 rings (SSSR count). The second-order valence-corrected chi connectivity index (χ2v) is 6.03. The fraction of sp³-hybridized carbons (Fsp3) is 0.125. The molecule has 4 fully saturated rings. The summed E-state index contributed by atoms with van der Waals surface area (Å²) in [7, 11) is 5.32. The van der Waals surface area contributed by atoms with Gasteiger partial charge in [0.2, 0.25) is 0 Å². The third kappa shape index (κ3) is 10.6. The van der Waals surface area contributed by atoms with Gasteiger partial charge in [-0.05, 0) is 116 Å². The standard InChI is InChI=1S/C14H15NO2.2C5H5.2Fe/c1-15(2)13-9-11(14(16)17-3)8-12(13)10-6-4-5-7-10;2*1-2-4-5-3-1;;/h4-9H,1-3H3;2*1-5H;;/q;;;2*+2. The van der Waals surface area contributed by atoms with Crippen LogP contribution in [0.4, 0.5) is 0 Å². The maximum absolute atomic E-state index is 11.5. The number of carbonyl (C=O) groups is 1. The maximum atomic E-state index is 11.5. The van der Waals surface area contributed by atoms with Crippen molar-refractivity contribution in [3.05, 3.63) is 127 Å². The summed E-state index contributed by atoms with van der Waals surface area (Å²) in [6.45, 7) is 0. The molecule has 5 heteroatoms. The number of rotatable bonds is 3. The molecular weight excluding hydrogens is 446 g/mol. The van der Waals surface area contributed by atoms with E-state index in [0.717, 1.165) is 17.9 Å². The first-order valence-corrected chi connectivity index (χ1v) is 8.75. The third-order valence-corrected chi connectivity index (χ3v) is 3.86. The number of hydrogen-bond donors (Lipinski definition) is 0. The first-order chi connectivity index (χ1) is 13.1. The van der Waals surface area contributed by atoms with Crippen molar-refractivity contribution >= 4 is 5.97 Å². The number of methoxy groups -OCH3 is 1. The minimum atomic E-state index is -0.300. The van der Waals surface area contributed by atoms with Gasteiger partial charge in [-0.15, -0.1) is 0 Å². The van der Waals surface area contributed by atoms with Gasteiger partial charge < -0.3 is 9.64 Å². The molecule has 0 aliphatic heterocycles.